The average Bonchev–Trinajstić information content (AvgIpc) is 3.10. The monoisotopic (exact) mass is 721 g/mol. The number of fused-ring (bicyclic) bond motifs is 1. The van der Waals surface area contributed by atoms with Gasteiger partial charge < -0.3 is 15.7 Å². The number of nitrogens with zero attached hydrogens (tertiary/aromatic N) is 1. The number of nitrogens with one attached hydrogen (secondary N) is 2. The second-order valence-corrected chi connectivity index (χ2v) is 13.4. The van der Waals surface area contributed by atoms with Crippen molar-refractivity contribution in [2.24, 2.45) is 11.8 Å². The number of amides is 1. The van der Waals surface area contributed by atoms with E-state index in [1.54, 1.807) is 6.07 Å². The van der Waals surface area contributed by atoms with Gasteiger partial charge in [-0.25, -0.2) is 4.39 Å². The number of unbranched alkanes of at least 4 members (excludes halogenated alkanes) is 1. The normalized spacial score (nSPS) is 15.9. The Hall–Kier alpha value is -3.25. The zero-order valence-corrected chi connectivity index (χ0v) is 30.5. The van der Waals surface area contributed by atoms with Crippen LogP contribution in [0, 0.1) is 29.5 Å². The van der Waals surface area contributed by atoms with Gasteiger partial charge in [0.15, 0.2) is 0 Å². The first-order valence-corrected chi connectivity index (χ1v) is 18.7. The van der Waals surface area contributed by atoms with Crippen LogP contribution in [0.1, 0.15) is 94.9 Å². The number of likely N-dealkylation sites (tertiary alicyclic amines) is 1. The highest BCUT2D eigenvalue weighted by molar-refractivity contribution is 9.09. The number of aliphatic carboxylic acids is 1. The van der Waals surface area contributed by atoms with Crippen LogP contribution in [0.15, 0.2) is 60.7 Å². The van der Waals surface area contributed by atoms with Crippen molar-refractivity contribution in [1.29, 1.82) is 0 Å². The molecule has 0 aromatic heterocycles. The summed E-state index contributed by atoms with van der Waals surface area (Å²) in [5.41, 5.74) is 3.21. The first-order chi connectivity index (χ1) is 23.3. The number of benzene rings is 3. The number of carbonyl (C=O) groups excluding carboxylic acids is 1. The van der Waals surface area contributed by atoms with Gasteiger partial charge in [0.2, 0.25) is 5.91 Å². The Morgan fingerprint density at radius 1 is 1.00 bits per heavy atom. The molecule has 5 rings (SSSR count). The molecule has 260 valence electrons. The second-order valence-electron chi connectivity index (χ2n) is 12.6. The van der Waals surface area contributed by atoms with Crippen molar-refractivity contribution >= 4 is 38.6 Å². The number of alkyl halides is 1. The summed E-state index contributed by atoms with van der Waals surface area (Å²) in [6.07, 6.45) is 7.18. The predicted molar refractivity (Wildman–Crippen MR) is 199 cm³/mol. The third-order valence-corrected chi connectivity index (χ3v) is 9.29. The molecule has 2 heterocycles. The summed E-state index contributed by atoms with van der Waals surface area (Å²) >= 11 is 3.21. The van der Waals surface area contributed by atoms with E-state index in [1.165, 1.54) is 34.9 Å². The van der Waals surface area contributed by atoms with Gasteiger partial charge in [-0.05, 0) is 112 Å². The molecule has 2 aliphatic heterocycles. The van der Waals surface area contributed by atoms with E-state index in [2.05, 4.69) is 100 Å². The second kappa shape index (κ2) is 21.7. The number of carboxylic acids is 1. The molecule has 3 N–H and O–H groups in total. The summed E-state index contributed by atoms with van der Waals surface area (Å²) in [4.78, 5) is 25.1. The molecular weight excluding hydrogens is 669 g/mol. The van der Waals surface area contributed by atoms with Gasteiger partial charge in [-0.3, -0.25) is 14.5 Å². The summed E-state index contributed by atoms with van der Waals surface area (Å²) in [7, 11) is 0. The molecule has 3 aromatic carbocycles. The van der Waals surface area contributed by atoms with E-state index >= 15 is 0 Å². The number of hydrogen-bond donors (Lipinski definition) is 3. The molecule has 2 fully saturated rings. The lowest BCUT2D eigenvalue weighted by molar-refractivity contribution is -0.137. The Balaban J connectivity index is 0.000000493. The maximum Gasteiger partial charge on any atom is 0.303 e. The van der Waals surface area contributed by atoms with Crippen LogP contribution < -0.4 is 10.6 Å². The molecule has 0 radical (unpaired) electrons. The van der Waals surface area contributed by atoms with Gasteiger partial charge in [-0.2, -0.15) is 0 Å². The van der Waals surface area contributed by atoms with Gasteiger partial charge in [-0.1, -0.05) is 90.5 Å². The number of hydrogen-bond acceptors (Lipinski definition) is 4. The van der Waals surface area contributed by atoms with E-state index in [9.17, 15) is 14.0 Å². The van der Waals surface area contributed by atoms with Crippen LogP contribution >= 0.6 is 15.9 Å². The zero-order chi connectivity index (χ0) is 34.7. The minimum absolute atomic E-state index is 0.00129. The Morgan fingerprint density at radius 3 is 2.33 bits per heavy atom. The molecule has 1 unspecified atom stereocenters. The standard InChI is InChI=1S/C32H36FN3O.C5H9BrO2.C3H8/c1-23(36-19-15-27(16-20-36)32(37)35-22-25-5-2-7-28(33)21-25)29-8-4-9-30-26(6-3-10-31(29)30)12-11-24-13-17-34-18-14-24;6-4-2-1-3-5(7)8;1-3-2/h2-10,21,23-24,27,34H,13-20,22H2,1H3,(H,35,37);1-4H2,(H,7,8);3H2,1-2H3. The Morgan fingerprint density at radius 2 is 1.67 bits per heavy atom. The van der Waals surface area contributed by atoms with Crippen LogP contribution in [0.3, 0.4) is 0 Å². The van der Waals surface area contributed by atoms with Gasteiger partial charge in [-0.15, -0.1) is 0 Å². The van der Waals surface area contributed by atoms with E-state index in [0.717, 1.165) is 81.2 Å². The van der Waals surface area contributed by atoms with Crippen LogP contribution in [0.2, 0.25) is 0 Å². The molecule has 2 saturated heterocycles. The highest BCUT2D eigenvalue weighted by atomic mass is 79.9. The number of carboxylic acid groups (broad SMARTS) is 1. The zero-order valence-electron chi connectivity index (χ0n) is 28.9. The highest BCUT2D eigenvalue weighted by Gasteiger charge is 2.28. The highest BCUT2D eigenvalue weighted by Crippen LogP contribution is 2.32. The van der Waals surface area contributed by atoms with Crippen molar-refractivity contribution in [3.63, 3.8) is 0 Å². The molecule has 1 atom stereocenters. The fourth-order valence-electron chi connectivity index (χ4n) is 6.05. The van der Waals surface area contributed by atoms with Gasteiger partial charge in [0.25, 0.3) is 0 Å². The number of halogens is 2. The molecule has 3 aromatic rings. The predicted octanol–water partition coefficient (Wildman–Crippen LogP) is 8.47. The molecule has 8 heteroatoms. The van der Waals surface area contributed by atoms with Gasteiger partial charge in [0.05, 0.1) is 0 Å². The van der Waals surface area contributed by atoms with E-state index in [4.69, 9.17) is 5.11 Å². The van der Waals surface area contributed by atoms with Crippen LogP contribution in [-0.4, -0.2) is 53.4 Å². The molecular formula is C40H53BrFN3O3. The van der Waals surface area contributed by atoms with E-state index < -0.39 is 5.97 Å². The Kier molecular flexibility index (Phi) is 17.7. The molecule has 48 heavy (non-hydrogen) atoms. The summed E-state index contributed by atoms with van der Waals surface area (Å²) in [6, 6.07) is 19.7. The third-order valence-electron chi connectivity index (χ3n) is 8.73. The first kappa shape index (κ1) is 39.2. The first-order valence-electron chi connectivity index (χ1n) is 17.5. The quantitative estimate of drug-likeness (QED) is 0.117. The maximum atomic E-state index is 13.4. The Labute approximate surface area is 295 Å². The van der Waals surface area contributed by atoms with Crippen LogP contribution in [0.4, 0.5) is 4.39 Å². The molecule has 1 amide bonds. The minimum atomic E-state index is -0.703. The average molecular weight is 723 g/mol. The van der Waals surface area contributed by atoms with Crippen molar-refractivity contribution in [2.45, 2.75) is 84.7 Å². The summed E-state index contributed by atoms with van der Waals surface area (Å²) in [5, 5.41) is 17.9. The van der Waals surface area contributed by atoms with Gasteiger partial charge in [0.1, 0.15) is 5.82 Å². The number of carbonyl (C=O) groups is 2. The fourth-order valence-corrected chi connectivity index (χ4v) is 6.45. The van der Waals surface area contributed by atoms with Crippen molar-refractivity contribution in [3.8, 4) is 11.8 Å². The lowest BCUT2D eigenvalue weighted by Gasteiger charge is -2.36. The Bertz CT molecular complexity index is 1490. The molecule has 6 nitrogen and oxygen atoms in total. The summed E-state index contributed by atoms with van der Waals surface area (Å²) in [6.45, 7) is 10.8. The molecule has 0 saturated carbocycles. The van der Waals surface area contributed by atoms with E-state index in [0.29, 0.717) is 18.9 Å². The fraction of sp³-hybridized carbons (Fsp3) is 0.500. The van der Waals surface area contributed by atoms with Crippen LogP contribution in [0.25, 0.3) is 10.8 Å². The van der Waals surface area contributed by atoms with Crippen molar-refractivity contribution < 1.29 is 19.1 Å². The topological polar surface area (TPSA) is 81.7 Å². The third kappa shape index (κ3) is 13.0. The summed E-state index contributed by atoms with van der Waals surface area (Å²) < 4.78 is 13.4. The van der Waals surface area contributed by atoms with E-state index in [1.807, 2.05) is 6.07 Å². The smallest absolute Gasteiger partial charge is 0.303 e. The van der Waals surface area contributed by atoms with Gasteiger partial charge in [0, 0.05) is 41.7 Å². The summed E-state index contributed by atoms with van der Waals surface area (Å²) in [5.74, 6) is 6.59. The van der Waals surface area contributed by atoms with Crippen LogP contribution in [0.5, 0.6) is 0 Å². The molecule has 0 aliphatic carbocycles. The largest absolute Gasteiger partial charge is 0.481 e. The number of rotatable bonds is 9. The van der Waals surface area contributed by atoms with Crippen molar-refractivity contribution in [2.75, 3.05) is 31.5 Å². The van der Waals surface area contributed by atoms with Crippen molar-refractivity contribution in [3.05, 3.63) is 83.2 Å². The SMILES string of the molecule is CC(c1cccc2c(C#CC3CCNCC3)cccc12)N1CCC(C(=O)NCc2cccc(F)c2)CC1.CCC.O=C(O)CCCCBr. The van der Waals surface area contributed by atoms with E-state index in [-0.39, 0.29) is 23.7 Å². The van der Waals surface area contributed by atoms with Crippen molar-refractivity contribution in [1.82, 2.24) is 15.5 Å². The number of piperidine rings is 2. The molecule has 0 bridgehead atoms. The lowest BCUT2D eigenvalue weighted by Crippen LogP contribution is -2.41. The van der Waals surface area contributed by atoms with Crippen LogP contribution in [-0.2, 0) is 16.1 Å². The molecule has 0 spiro atoms. The van der Waals surface area contributed by atoms with Gasteiger partial charge >= 0.3 is 5.97 Å². The lowest BCUT2D eigenvalue weighted by atomic mass is 9.91. The maximum absolute atomic E-state index is 13.4. The molecule has 2 aliphatic rings. The minimum Gasteiger partial charge on any atom is -0.481 e.